The number of amides is 2. The topological polar surface area (TPSA) is 204 Å². The van der Waals surface area contributed by atoms with E-state index >= 15 is 0 Å². The molecule has 4 N–H and O–H groups in total. The van der Waals surface area contributed by atoms with Gasteiger partial charge in [0.15, 0.2) is 0 Å². The number of ether oxygens (including phenoxy) is 2. The molecule has 2 amide bonds. The van der Waals surface area contributed by atoms with E-state index in [1.165, 1.54) is 0 Å². The van der Waals surface area contributed by atoms with Crippen LogP contribution in [-0.4, -0.2) is 154 Å². The lowest BCUT2D eigenvalue weighted by Gasteiger charge is -2.40. The van der Waals surface area contributed by atoms with Gasteiger partial charge >= 0.3 is 25.7 Å². The molecule has 59 heavy (non-hydrogen) atoms. The number of aliphatic carboxylic acids is 1. The van der Waals surface area contributed by atoms with Crippen molar-refractivity contribution in [3.8, 4) is 0 Å². The second kappa shape index (κ2) is 27.2. The van der Waals surface area contributed by atoms with Crippen LogP contribution in [0.3, 0.4) is 0 Å². The van der Waals surface area contributed by atoms with Gasteiger partial charge < -0.3 is 39.1 Å². The van der Waals surface area contributed by atoms with Crippen LogP contribution in [-0.2, 0) is 47.1 Å². The molecule has 0 spiro atoms. The number of nitrogens with zero attached hydrogens (tertiary/aromatic N) is 2. The third-order valence-corrected chi connectivity index (χ3v) is 12.1. The number of hydrogen-bond acceptors (Lipinski definition) is 12. The summed E-state index contributed by atoms with van der Waals surface area (Å²) in [6.07, 6.45) is 5.32. The summed E-state index contributed by atoms with van der Waals surface area (Å²) in [7, 11) is 5.38. The zero-order valence-electron chi connectivity index (χ0n) is 37.6. The molecule has 0 saturated carbocycles. The number of rotatable bonds is 34. The second-order valence-electron chi connectivity index (χ2n) is 18.4. The third-order valence-electron chi connectivity index (χ3n) is 10.3. The fourth-order valence-corrected chi connectivity index (χ4v) is 8.20. The van der Waals surface area contributed by atoms with Crippen molar-refractivity contribution in [3.63, 3.8) is 0 Å². The number of likely N-dealkylation sites (N-methyl/N-ethyl adjacent to an activating group) is 1. The van der Waals surface area contributed by atoms with Crippen LogP contribution in [0.25, 0.3) is 0 Å². The summed E-state index contributed by atoms with van der Waals surface area (Å²) in [4.78, 5) is 74.7. The molecule has 346 valence electrons. The largest absolute Gasteiger partial charge is 0.481 e. The smallest absolute Gasteiger partial charge is 0.472 e. The zero-order chi connectivity index (χ0) is 45.6. The lowest BCUT2D eigenvalue weighted by Crippen LogP contribution is -2.48. The number of carboxylic acids is 1. The van der Waals surface area contributed by atoms with Crippen molar-refractivity contribution < 1.29 is 66.0 Å². The molecule has 0 aromatic carbocycles. The van der Waals surface area contributed by atoms with Crippen molar-refractivity contribution in [2.75, 3.05) is 100 Å². The molecule has 4 atom stereocenters. The predicted molar refractivity (Wildman–Crippen MR) is 235 cm³/mol. The summed E-state index contributed by atoms with van der Waals surface area (Å²) in [6.45, 7) is 9.97. The Morgan fingerprint density at radius 1 is 0.729 bits per heavy atom. The first-order valence-corrected chi connectivity index (χ1v) is 23.4. The fourth-order valence-electron chi connectivity index (χ4n) is 6.68. The van der Waals surface area contributed by atoms with Gasteiger partial charge in [-0.2, -0.15) is 25.3 Å². The summed E-state index contributed by atoms with van der Waals surface area (Å²) in [6, 6.07) is 0. The highest BCUT2D eigenvalue weighted by Crippen LogP contribution is 2.46. The number of phosphoric ester groups is 1. The van der Waals surface area contributed by atoms with Crippen LogP contribution >= 0.6 is 33.1 Å². The molecule has 0 saturated heterocycles. The van der Waals surface area contributed by atoms with E-state index in [1.807, 2.05) is 42.2 Å². The van der Waals surface area contributed by atoms with Gasteiger partial charge in [0.05, 0.1) is 78.7 Å². The first-order chi connectivity index (χ1) is 27.1. The monoisotopic (exact) mass is 902 g/mol. The molecule has 16 nitrogen and oxygen atoms in total. The van der Waals surface area contributed by atoms with Gasteiger partial charge in [0.1, 0.15) is 26.4 Å². The Bertz CT molecular complexity index is 1370. The fraction of sp³-hybridized carbons (Fsp3) is 0.875. The minimum absolute atomic E-state index is 0.0121. The van der Waals surface area contributed by atoms with Crippen molar-refractivity contribution >= 4 is 62.8 Å². The van der Waals surface area contributed by atoms with E-state index in [2.05, 4.69) is 35.9 Å². The summed E-state index contributed by atoms with van der Waals surface area (Å²) in [5.74, 6) is -1.81. The molecule has 0 aliphatic carbocycles. The van der Waals surface area contributed by atoms with Crippen molar-refractivity contribution in [1.82, 2.24) is 10.6 Å². The molecule has 0 aliphatic heterocycles. The standard InChI is InChI=1S/C40H77N4O12PS2/c1-11-39(4,35(48)42-20-15-23-44(9,10)22-14-18-34(46)47)31-40(5,37(50)53-25-21-41-33(45)17-13-12-16-32(59)19-29-58)30-38(2,3)36(49)54-27-28-56-57(51,52)55-26-24-43(6,7)8/h32H,11-31H2,1-10H3,(H4-2,41,42,45,46,47,48,51,52,58,59)/p+2. The Labute approximate surface area is 365 Å². The number of carbonyl (C=O) groups excluding carboxylic acids is 4. The van der Waals surface area contributed by atoms with E-state index in [0.717, 1.165) is 31.6 Å². The Hall–Kier alpha value is -1.92. The van der Waals surface area contributed by atoms with E-state index in [9.17, 15) is 33.4 Å². The maximum absolute atomic E-state index is 14.0. The molecule has 0 bridgehead atoms. The molecular weight excluding hydrogens is 824 g/mol. The van der Waals surface area contributed by atoms with Gasteiger partial charge in [0, 0.05) is 36.5 Å². The number of nitrogens with one attached hydrogen (secondary N) is 2. The van der Waals surface area contributed by atoms with Crippen molar-refractivity contribution in [2.45, 2.75) is 110 Å². The highest BCUT2D eigenvalue weighted by molar-refractivity contribution is 7.81. The Morgan fingerprint density at radius 2 is 1.34 bits per heavy atom. The molecule has 0 fully saturated rings. The first-order valence-electron chi connectivity index (χ1n) is 20.8. The van der Waals surface area contributed by atoms with E-state index in [4.69, 9.17) is 23.6 Å². The van der Waals surface area contributed by atoms with Crippen LogP contribution in [0, 0.1) is 16.2 Å². The van der Waals surface area contributed by atoms with Crippen molar-refractivity contribution in [3.05, 3.63) is 0 Å². The summed E-state index contributed by atoms with van der Waals surface area (Å²) < 4.78 is 34.6. The number of phosphoric acid groups is 1. The SMILES string of the molecule is CCC(C)(CC(C)(CC(C)(C)C(=O)OCCOP(=O)(O)OCC[N+](C)(C)C)C(=O)OCCNC(=O)CCCCC(S)CCS)C(=O)NCCC[N+](C)(C)CCCC(=O)O. The maximum Gasteiger partial charge on any atom is 0.472 e. The van der Waals surface area contributed by atoms with Crippen molar-refractivity contribution in [1.29, 1.82) is 0 Å². The molecule has 0 radical (unpaired) electrons. The predicted octanol–water partition coefficient (Wildman–Crippen LogP) is 4.88. The van der Waals surface area contributed by atoms with Gasteiger partial charge in [-0.25, -0.2) is 4.57 Å². The van der Waals surface area contributed by atoms with Crippen LogP contribution in [0.5, 0.6) is 0 Å². The zero-order valence-corrected chi connectivity index (χ0v) is 40.3. The second-order valence-corrected chi connectivity index (χ2v) is 21.0. The van der Waals surface area contributed by atoms with Crippen LogP contribution in [0.1, 0.15) is 105 Å². The van der Waals surface area contributed by atoms with Gasteiger partial charge in [0.25, 0.3) is 0 Å². The minimum Gasteiger partial charge on any atom is -0.481 e. The van der Waals surface area contributed by atoms with Gasteiger partial charge in [0.2, 0.25) is 11.8 Å². The molecular formula is C40H79N4O12PS2+2. The van der Waals surface area contributed by atoms with Gasteiger partial charge in [-0.15, -0.1) is 0 Å². The third kappa shape index (κ3) is 26.2. The number of carbonyl (C=O) groups is 5. The van der Waals surface area contributed by atoms with Crippen LogP contribution < -0.4 is 10.6 Å². The Morgan fingerprint density at radius 3 is 1.93 bits per heavy atom. The lowest BCUT2D eigenvalue weighted by molar-refractivity contribution is -0.890. The molecule has 0 aromatic rings. The molecule has 0 aliphatic rings. The highest BCUT2D eigenvalue weighted by atomic mass is 32.1. The number of thiol groups is 2. The summed E-state index contributed by atoms with van der Waals surface area (Å²) in [5.41, 5.74) is -3.69. The van der Waals surface area contributed by atoms with Crippen LogP contribution in [0.2, 0.25) is 0 Å². The normalized spacial score (nSPS) is 15.9. The van der Waals surface area contributed by atoms with E-state index in [1.54, 1.807) is 27.7 Å². The lowest BCUT2D eigenvalue weighted by atomic mass is 9.64. The minimum atomic E-state index is -4.38. The van der Waals surface area contributed by atoms with E-state index < -0.39 is 48.6 Å². The number of quaternary nitrogens is 2. The molecule has 0 heterocycles. The van der Waals surface area contributed by atoms with Crippen molar-refractivity contribution in [2.24, 2.45) is 16.2 Å². The Kier molecular flexibility index (Phi) is 26.3. The molecule has 4 unspecified atom stereocenters. The summed E-state index contributed by atoms with van der Waals surface area (Å²) in [5, 5.41) is 15.0. The average molecular weight is 903 g/mol. The van der Waals surface area contributed by atoms with Gasteiger partial charge in [-0.05, 0) is 65.0 Å². The van der Waals surface area contributed by atoms with Gasteiger partial charge in [-0.1, -0.05) is 20.3 Å². The maximum atomic E-state index is 14.0. The average Bonchev–Trinajstić information content (AvgIpc) is 3.10. The highest BCUT2D eigenvalue weighted by Gasteiger charge is 2.49. The quantitative estimate of drug-likeness (QED) is 0.0168. The number of hydrogen-bond donors (Lipinski definition) is 6. The van der Waals surface area contributed by atoms with E-state index in [-0.39, 0.29) is 62.7 Å². The van der Waals surface area contributed by atoms with Crippen LogP contribution in [0.15, 0.2) is 0 Å². The van der Waals surface area contributed by atoms with Crippen LogP contribution in [0.4, 0.5) is 0 Å². The molecule has 0 rings (SSSR count). The molecule has 0 aromatic heterocycles. The van der Waals surface area contributed by atoms with E-state index in [0.29, 0.717) is 60.7 Å². The number of carboxylic acid groups (broad SMARTS) is 1. The number of esters is 2. The summed E-state index contributed by atoms with van der Waals surface area (Å²) >= 11 is 8.75. The number of unbranched alkanes of at least 4 members (excludes halogenated alkanes) is 1. The van der Waals surface area contributed by atoms with Gasteiger partial charge in [-0.3, -0.25) is 33.0 Å². The molecule has 19 heteroatoms. The first kappa shape index (κ1) is 57.1. The Balaban J connectivity index is 5.74.